The number of carboxylic acid groups (broad SMARTS) is 1. The Hall–Kier alpha value is -1.85. The number of halogens is 1. The van der Waals surface area contributed by atoms with Gasteiger partial charge in [-0.2, -0.15) is 0 Å². The Balaban J connectivity index is 1.75. The molecule has 1 N–H and O–H groups in total. The van der Waals surface area contributed by atoms with E-state index in [1.54, 1.807) is 18.4 Å². The van der Waals surface area contributed by atoms with E-state index >= 15 is 0 Å². The van der Waals surface area contributed by atoms with Crippen molar-refractivity contribution in [2.24, 2.45) is 0 Å². The average Bonchev–Trinajstić information content (AvgIpc) is 3.08. The lowest BCUT2D eigenvalue weighted by Gasteiger charge is -2.19. The van der Waals surface area contributed by atoms with Crippen LogP contribution in [0.15, 0.2) is 34.9 Å². The van der Waals surface area contributed by atoms with Gasteiger partial charge in [0.25, 0.3) is 0 Å². The average molecular weight is 307 g/mol. The summed E-state index contributed by atoms with van der Waals surface area (Å²) >= 11 is 5.95. The van der Waals surface area contributed by atoms with Crippen molar-refractivity contribution in [3.05, 3.63) is 41.2 Å². The van der Waals surface area contributed by atoms with E-state index < -0.39 is 12.0 Å². The molecule has 1 aliphatic heterocycles. The third kappa shape index (κ3) is 3.09. The predicted octanol–water partition coefficient (Wildman–Crippen LogP) is 3.04. The number of benzene rings is 1. The summed E-state index contributed by atoms with van der Waals surface area (Å²) in [5, 5.41) is 9.80. The van der Waals surface area contributed by atoms with Crippen molar-refractivity contribution in [2.45, 2.75) is 25.4 Å². The zero-order valence-corrected chi connectivity index (χ0v) is 12.1. The Morgan fingerprint density at radius 1 is 1.52 bits per heavy atom. The Bertz CT molecular complexity index is 656. The Morgan fingerprint density at radius 2 is 2.38 bits per heavy atom. The summed E-state index contributed by atoms with van der Waals surface area (Å²) in [6, 6.07) is 6.86. The summed E-state index contributed by atoms with van der Waals surface area (Å²) in [5.74, 6) is -0.273. The highest BCUT2D eigenvalue weighted by molar-refractivity contribution is 6.30. The molecular formula is C15H15ClN2O3. The molecule has 1 aliphatic rings. The van der Waals surface area contributed by atoms with E-state index in [9.17, 15) is 9.90 Å². The predicted molar refractivity (Wildman–Crippen MR) is 78.0 cm³/mol. The van der Waals surface area contributed by atoms with Crippen LogP contribution in [0.4, 0.5) is 0 Å². The first kappa shape index (κ1) is 14.1. The van der Waals surface area contributed by atoms with Gasteiger partial charge in [0.15, 0.2) is 0 Å². The van der Waals surface area contributed by atoms with Gasteiger partial charge < -0.3 is 9.52 Å². The molecule has 0 radical (unpaired) electrons. The van der Waals surface area contributed by atoms with Crippen LogP contribution in [0.5, 0.6) is 0 Å². The van der Waals surface area contributed by atoms with Crippen molar-refractivity contribution in [3.8, 4) is 11.5 Å². The first-order chi connectivity index (χ1) is 10.1. The molecule has 0 aliphatic carbocycles. The number of carbonyl (C=O) groups is 1. The zero-order chi connectivity index (χ0) is 14.8. The summed E-state index contributed by atoms with van der Waals surface area (Å²) in [6.45, 7) is 1.26. The van der Waals surface area contributed by atoms with Gasteiger partial charge in [-0.25, -0.2) is 4.98 Å². The lowest BCUT2D eigenvalue weighted by Crippen LogP contribution is -2.35. The fourth-order valence-electron chi connectivity index (χ4n) is 2.64. The Labute approximate surface area is 127 Å². The van der Waals surface area contributed by atoms with Gasteiger partial charge in [0.2, 0.25) is 5.89 Å². The quantitative estimate of drug-likeness (QED) is 0.940. The van der Waals surface area contributed by atoms with Crippen LogP contribution in [0.25, 0.3) is 11.5 Å². The van der Waals surface area contributed by atoms with E-state index in [2.05, 4.69) is 4.98 Å². The normalized spacial score (nSPS) is 19.0. The van der Waals surface area contributed by atoms with Crippen LogP contribution in [0.2, 0.25) is 5.02 Å². The van der Waals surface area contributed by atoms with E-state index in [1.807, 2.05) is 17.0 Å². The molecule has 0 bridgehead atoms. The third-order valence-electron chi connectivity index (χ3n) is 3.64. The van der Waals surface area contributed by atoms with Crippen LogP contribution in [0.3, 0.4) is 0 Å². The SMILES string of the molecule is O=C(O)[C@@H]1CCCN1Cc1coc(-c2cccc(Cl)c2)n1. The fraction of sp³-hybridized carbons (Fsp3) is 0.333. The third-order valence-corrected chi connectivity index (χ3v) is 3.87. The molecule has 3 rings (SSSR count). The molecule has 6 heteroatoms. The van der Waals surface area contributed by atoms with Gasteiger partial charge in [0.05, 0.1) is 5.69 Å². The lowest BCUT2D eigenvalue weighted by atomic mass is 10.2. The minimum atomic E-state index is -0.772. The van der Waals surface area contributed by atoms with Crippen LogP contribution < -0.4 is 0 Å². The number of hydrogen-bond acceptors (Lipinski definition) is 4. The van der Waals surface area contributed by atoms with E-state index in [0.29, 0.717) is 23.9 Å². The van der Waals surface area contributed by atoms with Gasteiger partial charge in [-0.15, -0.1) is 0 Å². The molecule has 1 atom stereocenters. The van der Waals surface area contributed by atoms with Crippen LogP contribution in [0, 0.1) is 0 Å². The second-order valence-corrected chi connectivity index (χ2v) is 5.56. The fourth-order valence-corrected chi connectivity index (χ4v) is 2.83. The minimum absolute atomic E-state index is 0.420. The molecule has 0 unspecified atom stereocenters. The topological polar surface area (TPSA) is 66.6 Å². The maximum atomic E-state index is 11.2. The molecule has 2 heterocycles. The Morgan fingerprint density at radius 3 is 3.14 bits per heavy atom. The highest BCUT2D eigenvalue weighted by Crippen LogP contribution is 2.24. The minimum Gasteiger partial charge on any atom is -0.480 e. The number of likely N-dealkylation sites (tertiary alicyclic amines) is 1. The van der Waals surface area contributed by atoms with Gasteiger partial charge in [0.1, 0.15) is 12.3 Å². The molecular weight excluding hydrogens is 292 g/mol. The van der Waals surface area contributed by atoms with Gasteiger partial charge in [-0.3, -0.25) is 9.69 Å². The molecule has 1 aromatic carbocycles. The molecule has 1 aromatic heterocycles. The second kappa shape index (κ2) is 5.87. The van der Waals surface area contributed by atoms with Crippen LogP contribution in [-0.2, 0) is 11.3 Å². The molecule has 1 saturated heterocycles. The summed E-state index contributed by atoms with van der Waals surface area (Å²) < 4.78 is 5.47. The van der Waals surface area contributed by atoms with E-state index in [0.717, 1.165) is 24.2 Å². The van der Waals surface area contributed by atoms with Crippen LogP contribution in [-0.4, -0.2) is 33.5 Å². The summed E-state index contributed by atoms with van der Waals surface area (Å²) in [4.78, 5) is 17.5. The van der Waals surface area contributed by atoms with Gasteiger partial charge in [0, 0.05) is 17.1 Å². The highest BCUT2D eigenvalue weighted by Gasteiger charge is 2.30. The smallest absolute Gasteiger partial charge is 0.320 e. The van der Waals surface area contributed by atoms with E-state index in [4.69, 9.17) is 16.0 Å². The summed E-state index contributed by atoms with van der Waals surface area (Å²) in [7, 11) is 0. The number of rotatable bonds is 4. The molecule has 21 heavy (non-hydrogen) atoms. The standard InChI is InChI=1S/C15H15ClN2O3/c16-11-4-1-3-10(7-11)14-17-12(9-21-14)8-18-6-2-5-13(18)15(19)20/h1,3-4,7,9,13H,2,5-6,8H2,(H,19,20)/t13-/m0/s1. The van der Waals surface area contributed by atoms with Gasteiger partial charge >= 0.3 is 5.97 Å². The summed E-state index contributed by atoms with van der Waals surface area (Å²) in [6.07, 6.45) is 3.16. The van der Waals surface area contributed by atoms with Crippen molar-refractivity contribution >= 4 is 17.6 Å². The number of hydrogen-bond donors (Lipinski definition) is 1. The molecule has 5 nitrogen and oxygen atoms in total. The number of aliphatic carboxylic acids is 1. The van der Waals surface area contributed by atoms with Crippen LogP contribution in [0.1, 0.15) is 18.5 Å². The van der Waals surface area contributed by atoms with Crippen molar-refractivity contribution < 1.29 is 14.3 Å². The lowest BCUT2D eigenvalue weighted by molar-refractivity contribution is -0.142. The largest absolute Gasteiger partial charge is 0.480 e. The first-order valence-electron chi connectivity index (χ1n) is 6.80. The molecule has 0 saturated carbocycles. The Kier molecular flexibility index (Phi) is 3.94. The number of carboxylic acids is 1. The molecule has 110 valence electrons. The molecule has 2 aromatic rings. The first-order valence-corrected chi connectivity index (χ1v) is 7.18. The second-order valence-electron chi connectivity index (χ2n) is 5.12. The number of oxazole rings is 1. The van der Waals surface area contributed by atoms with Crippen LogP contribution >= 0.6 is 11.6 Å². The van der Waals surface area contributed by atoms with E-state index in [1.165, 1.54) is 0 Å². The zero-order valence-electron chi connectivity index (χ0n) is 11.3. The summed E-state index contributed by atoms with van der Waals surface area (Å²) in [5.41, 5.74) is 1.54. The van der Waals surface area contributed by atoms with Gasteiger partial charge in [-0.05, 0) is 37.6 Å². The number of aromatic nitrogens is 1. The maximum absolute atomic E-state index is 11.2. The van der Waals surface area contributed by atoms with Crippen molar-refractivity contribution in [2.75, 3.05) is 6.54 Å². The molecule has 0 amide bonds. The van der Waals surface area contributed by atoms with Crippen molar-refractivity contribution in [1.82, 2.24) is 9.88 Å². The monoisotopic (exact) mass is 306 g/mol. The number of nitrogens with zero attached hydrogens (tertiary/aromatic N) is 2. The van der Waals surface area contributed by atoms with E-state index in [-0.39, 0.29) is 0 Å². The maximum Gasteiger partial charge on any atom is 0.320 e. The molecule has 0 spiro atoms. The van der Waals surface area contributed by atoms with Gasteiger partial charge in [-0.1, -0.05) is 17.7 Å². The van der Waals surface area contributed by atoms with Crippen molar-refractivity contribution in [3.63, 3.8) is 0 Å². The van der Waals surface area contributed by atoms with Crippen molar-refractivity contribution in [1.29, 1.82) is 0 Å². The molecule has 1 fully saturated rings. The highest BCUT2D eigenvalue weighted by atomic mass is 35.5.